The van der Waals surface area contributed by atoms with Crippen LogP contribution in [-0.2, 0) is 22.0 Å². The van der Waals surface area contributed by atoms with E-state index in [4.69, 9.17) is 4.74 Å². The van der Waals surface area contributed by atoms with E-state index in [1.807, 2.05) is 54.6 Å². The normalized spacial score (nSPS) is 21.7. The molecule has 3 atom stereocenters. The van der Waals surface area contributed by atoms with Crippen LogP contribution in [-0.4, -0.2) is 34.8 Å². The molecule has 0 radical (unpaired) electrons. The summed E-state index contributed by atoms with van der Waals surface area (Å²) in [4.78, 5) is 14.2. The number of nitrogens with zero attached hydrogens (tertiary/aromatic N) is 1. The summed E-state index contributed by atoms with van der Waals surface area (Å²) < 4.78 is 17.1. The molecule has 1 saturated heterocycles. The number of carbonyl (C=O) groups excluding carboxylic acids is 1. The lowest BCUT2D eigenvalue weighted by atomic mass is 9.93. The van der Waals surface area contributed by atoms with E-state index in [1.165, 1.54) is 0 Å². The smallest absolute Gasteiger partial charge is 0.245 e. The molecule has 2 aromatic carbocycles. The molecule has 5 heteroatoms. The van der Waals surface area contributed by atoms with Crippen molar-refractivity contribution in [2.45, 2.75) is 17.7 Å². The van der Waals surface area contributed by atoms with Crippen LogP contribution in [0.3, 0.4) is 0 Å². The predicted octanol–water partition coefficient (Wildman–Crippen LogP) is 2.40. The fourth-order valence-corrected chi connectivity index (χ4v) is 4.05. The minimum Gasteiger partial charge on any atom is -0.497 e. The summed E-state index contributed by atoms with van der Waals surface area (Å²) in [5.74, 6) is 0.675. The van der Waals surface area contributed by atoms with Crippen LogP contribution in [0.15, 0.2) is 54.6 Å². The molecule has 0 N–H and O–H groups in total. The Labute approximate surface area is 138 Å². The highest BCUT2D eigenvalue weighted by molar-refractivity contribution is 7.86. The Hall–Kier alpha value is -2.14. The number of anilines is 1. The Bertz CT molecular complexity index is 715. The molecule has 3 rings (SSSR count). The average Bonchev–Trinajstić information content (AvgIpc) is 2.56. The van der Waals surface area contributed by atoms with Gasteiger partial charge in [0.1, 0.15) is 11.0 Å². The third-order valence-electron chi connectivity index (χ3n) is 4.16. The zero-order valence-electron chi connectivity index (χ0n) is 13.1. The number of amides is 1. The summed E-state index contributed by atoms with van der Waals surface area (Å²) in [5.41, 5.74) is 1.96. The first-order valence-corrected chi connectivity index (χ1v) is 9.07. The first-order chi connectivity index (χ1) is 11.1. The third-order valence-corrected chi connectivity index (χ3v) is 5.39. The second-order valence-corrected chi connectivity index (χ2v) is 7.09. The minimum atomic E-state index is -1.17. The highest BCUT2D eigenvalue weighted by Gasteiger charge is 2.50. The van der Waals surface area contributed by atoms with Gasteiger partial charge in [0.15, 0.2) is 0 Å². The highest BCUT2D eigenvalue weighted by Crippen LogP contribution is 2.33. The molecule has 1 unspecified atom stereocenters. The molecule has 0 spiro atoms. The van der Waals surface area contributed by atoms with Crippen molar-refractivity contribution in [3.05, 3.63) is 60.2 Å². The summed E-state index contributed by atoms with van der Waals surface area (Å²) >= 11 is 0. The lowest BCUT2D eigenvalue weighted by Crippen LogP contribution is -2.67. The zero-order chi connectivity index (χ0) is 16.4. The minimum absolute atomic E-state index is 0.0723. The molecular weight excluding hydrogens is 310 g/mol. The number of hydrogen-bond acceptors (Lipinski definition) is 3. The number of benzene rings is 2. The van der Waals surface area contributed by atoms with Gasteiger partial charge < -0.3 is 9.64 Å². The molecule has 1 aliphatic heterocycles. The molecule has 2 aromatic rings. The van der Waals surface area contributed by atoms with Gasteiger partial charge in [-0.2, -0.15) is 0 Å². The van der Waals surface area contributed by atoms with E-state index in [0.29, 0.717) is 6.42 Å². The number of methoxy groups -OCH3 is 1. The van der Waals surface area contributed by atoms with E-state index in [2.05, 4.69) is 0 Å². The van der Waals surface area contributed by atoms with Gasteiger partial charge in [-0.3, -0.25) is 9.00 Å². The predicted molar refractivity (Wildman–Crippen MR) is 92.3 cm³/mol. The SMILES string of the molecule is COc1ccc(N2C(=O)[C@@H](S(C)=O)[C@H]2Cc2ccccc2)cc1. The molecule has 0 saturated carbocycles. The van der Waals surface area contributed by atoms with Crippen LogP contribution >= 0.6 is 0 Å². The largest absolute Gasteiger partial charge is 0.497 e. The first-order valence-electron chi connectivity index (χ1n) is 7.45. The first kappa shape index (κ1) is 15.7. The molecule has 0 bridgehead atoms. The van der Waals surface area contributed by atoms with Gasteiger partial charge in [0.05, 0.1) is 13.2 Å². The van der Waals surface area contributed by atoms with E-state index < -0.39 is 16.0 Å². The van der Waals surface area contributed by atoms with E-state index >= 15 is 0 Å². The van der Waals surface area contributed by atoms with E-state index in [9.17, 15) is 9.00 Å². The van der Waals surface area contributed by atoms with Crippen molar-refractivity contribution in [3.63, 3.8) is 0 Å². The lowest BCUT2D eigenvalue weighted by Gasteiger charge is -2.46. The van der Waals surface area contributed by atoms with Crippen molar-refractivity contribution < 1.29 is 13.7 Å². The van der Waals surface area contributed by atoms with Gasteiger partial charge in [0.25, 0.3) is 0 Å². The van der Waals surface area contributed by atoms with Crippen LogP contribution in [0.1, 0.15) is 5.56 Å². The molecule has 1 fully saturated rings. The van der Waals surface area contributed by atoms with Crippen LogP contribution < -0.4 is 9.64 Å². The van der Waals surface area contributed by atoms with Crippen LogP contribution in [0.4, 0.5) is 5.69 Å². The molecule has 1 heterocycles. The highest BCUT2D eigenvalue weighted by atomic mass is 32.2. The molecule has 1 amide bonds. The molecule has 1 aliphatic rings. The van der Waals surface area contributed by atoms with Crippen LogP contribution in [0, 0.1) is 0 Å². The molecular formula is C18H19NO3S. The molecule has 23 heavy (non-hydrogen) atoms. The van der Waals surface area contributed by atoms with Gasteiger partial charge in [-0.15, -0.1) is 0 Å². The Morgan fingerprint density at radius 1 is 1.09 bits per heavy atom. The van der Waals surface area contributed by atoms with Crippen molar-refractivity contribution >= 4 is 22.4 Å². The van der Waals surface area contributed by atoms with Crippen LogP contribution in [0.2, 0.25) is 0 Å². The van der Waals surface area contributed by atoms with Gasteiger partial charge in [-0.1, -0.05) is 30.3 Å². The van der Waals surface area contributed by atoms with Gasteiger partial charge in [0.2, 0.25) is 5.91 Å². The van der Waals surface area contributed by atoms with Crippen molar-refractivity contribution in [1.82, 2.24) is 0 Å². The molecule has 0 aliphatic carbocycles. The second kappa shape index (κ2) is 6.54. The number of carbonyl (C=O) groups is 1. The summed E-state index contributed by atoms with van der Waals surface area (Å²) in [7, 11) is 0.436. The molecule has 0 aromatic heterocycles. The van der Waals surface area contributed by atoms with Gasteiger partial charge in [-0.25, -0.2) is 0 Å². The maximum Gasteiger partial charge on any atom is 0.245 e. The fourth-order valence-electron chi connectivity index (χ4n) is 3.00. The summed E-state index contributed by atoms with van der Waals surface area (Å²) in [6.07, 6.45) is 2.30. The van der Waals surface area contributed by atoms with Crippen molar-refractivity contribution in [2.24, 2.45) is 0 Å². The molecule has 120 valence electrons. The summed E-state index contributed by atoms with van der Waals surface area (Å²) in [6, 6.07) is 17.3. The number of β-lactam (4-membered cyclic amide) rings is 1. The summed E-state index contributed by atoms with van der Waals surface area (Å²) in [5, 5.41) is -0.433. The molecule has 4 nitrogen and oxygen atoms in total. The van der Waals surface area contributed by atoms with Crippen molar-refractivity contribution in [3.8, 4) is 5.75 Å². The maximum absolute atomic E-state index is 12.5. The quantitative estimate of drug-likeness (QED) is 0.792. The Kier molecular flexibility index (Phi) is 4.48. The van der Waals surface area contributed by atoms with E-state index in [-0.39, 0.29) is 11.9 Å². The van der Waals surface area contributed by atoms with Gasteiger partial charge in [0, 0.05) is 22.7 Å². The number of ether oxygens (including phenoxy) is 1. The van der Waals surface area contributed by atoms with Crippen LogP contribution in [0.5, 0.6) is 5.75 Å². The fraction of sp³-hybridized carbons (Fsp3) is 0.278. The number of rotatable bonds is 5. The van der Waals surface area contributed by atoms with Crippen LogP contribution in [0.25, 0.3) is 0 Å². The third kappa shape index (κ3) is 3.01. The monoisotopic (exact) mass is 329 g/mol. The van der Waals surface area contributed by atoms with E-state index in [0.717, 1.165) is 17.0 Å². The Morgan fingerprint density at radius 2 is 1.74 bits per heavy atom. The van der Waals surface area contributed by atoms with Gasteiger partial charge in [-0.05, 0) is 36.2 Å². The van der Waals surface area contributed by atoms with E-state index in [1.54, 1.807) is 18.3 Å². The zero-order valence-corrected chi connectivity index (χ0v) is 14.0. The van der Waals surface area contributed by atoms with Gasteiger partial charge >= 0.3 is 0 Å². The van der Waals surface area contributed by atoms with Crippen molar-refractivity contribution in [1.29, 1.82) is 0 Å². The average molecular weight is 329 g/mol. The second-order valence-electron chi connectivity index (χ2n) is 5.58. The maximum atomic E-state index is 12.5. The summed E-state index contributed by atoms with van der Waals surface area (Å²) in [6.45, 7) is 0. The Morgan fingerprint density at radius 3 is 2.30 bits per heavy atom. The lowest BCUT2D eigenvalue weighted by molar-refractivity contribution is -0.123. The number of hydrogen-bond donors (Lipinski definition) is 0. The topological polar surface area (TPSA) is 46.6 Å². The standard InChI is InChI=1S/C18H19NO3S/c1-22-15-10-8-14(9-11-15)19-16(17(18(19)20)23(2)21)12-13-6-4-3-5-7-13/h3-11,16-17H,12H2,1-2H3/t16-,17+,23?/m1/s1. The Balaban J connectivity index is 1.87. The van der Waals surface area contributed by atoms with Crippen molar-refractivity contribution in [2.75, 3.05) is 18.3 Å².